The summed E-state index contributed by atoms with van der Waals surface area (Å²) in [7, 11) is 0. The van der Waals surface area contributed by atoms with Crippen LogP contribution >= 0.6 is 11.8 Å². The Kier molecular flexibility index (Phi) is 5.72. The lowest BCUT2D eigenvalue weighted by atomic mass is 9.98. The van der Waals surface area contributed by atoms with Crippen molar-refractivity contribution in [1.29, 1.82) is 0 Å². The van der Waals surface area contributed by atoms with Crippen molar-refractivity contribution in [1.82, 2.24) is 5.01 Å². The van der Waals surface area contributed by atoms with Crippen LogP contribution in [-0.4, -0.2) is 29.1 Å². The molecule has 2 aliphatic rings. The maximum atomic E-state index is 14.6. The number of hydrogen-bond donors (Lipinski definition) is 1. The number of thioether (sulfide) groups is 1. The molecule has 1 spiro atoms. The molecule has 7 nitrogen and oxygen atoms in total. The highest BCUT2D eigenvalue weighted by Crippen LogP contribution is 2.54. The van der Waals surface area contributed by atoms with E-state index in [2.05, 4.69) is 15.4 Å². The molecule has 2 aliphatic heterocycles. The van der Waals surface area contributed by atoms with E-state index in [1.54, 1.807) is 12.1 Å². The van der Waals surface area contributed by atoms with Gasteiger partial charge in [-0.2, -0.15) is 10.2 Å². The number of nitrogens with zero attached hydrogens (tertiary/aromatic N) is 4. The minimum atomic E-state index is -0.771. The molecule has 4 rings (SSSR count). The molecule has 2 heterocycles. The van der Waals surface area contributed by atoms with Gasteiger partial charge in [-0.25, -0.2) is 9.40 Å². The summed E-state index contributed by atoms with van der Waals surface area (Å²) in [5, 5.41) is 13.6. The number of hydrazone groups is 1. The number of para-hydroxylation sites is 1. The van der Waals surface area contributed by atoms with Crippen LogP contribution in [0.5, 0.6) is 5.75 Å². The summed E-state index contributed by atoms with van der Waals surface area (Å²) in [4.78, 5) is 12.4. The molecule has 9 heteroatoms. The van der Waals surface area contributed by atoms with Crippen LogP contribution in [0.25, 0.3) is 0 Å². The van der Waals surface area contributed by atoms with Gasteiger partial charge in [-0.3, -0.25) is 4.79 Å². The maximum absolute atomic E-state index is 14.6. The van der Waals surface area contributed by atoms with E-state index in [9.17, 15) is 9.18 Å². The zero-order valence-corrected chi connectivity index (χ0v) is 17.4. The second-order valence-corrected chi connectivity index (χ2v) is 8.43. The molecule has 0 saturated heterocycles. The topological polar surface area (TPSA) is 92.6 Å². The van der Waals surface area contributed by atoms with E-state index in [0.29, 0.717) is 42.3 Å². The zero-order valence-electron chi connectivity index (χ0n) is 16.5. The highest BCUT2D eigenvalue weighted by molar-refractivity contribution is 8.15. The van der Waals surface area contributed by atoms with E-state index in [-0.39, 0.29) is 18.1 Å². The van der Waals surface area contributed by atoms with Crippen molar-refractivity contribution in [3.05, 3.63) is 65.0 Å². The Balaban J connectivity index is 1.74. The van der Waals surface area contributed by atoms with Gasteiger partial charge in [0.1, 0.15) is 21.5 Å². The Morgan fingerprint density at radius 1 is 1.37 bits per heavy atom. The van der Waals surface area contributed by atoms with Gasteiger partial charge in [0, 0.05) is 24.0 Å². The Morgan fingerprint density at radius 2 is 2.20 bits per heavy atom. The fourth-order valence-electron chi connectivity index (χ4n) is 3.70. The molecule has 0 bridgehead atoms. The molecule has 1 unspecified atom stereocenters. The van der Waals surface area contributed by atoms with Gasteiger partial charge in [0.2, 0.25) is 5.91 Å². The number of ether oxygens (including phenoxy) is 1. The predicted octanol–water partition coefficient (Wildman–Crippen LogP) is 4.11. The number of fused-ring (bicyclic) bond motifs is 2. The number of carbonyl (C=O) groups is 1. The van der Waals surface area contributed by atoms with E-state index in [1.807, 2.05) is 31.2 Å². The zero-order chi connectivity index (χ0) is 21.1. The molecule has 0 aliphatic carbocycles. The highest BCUT2D eigenvalue weighted by Gasteiger charge is 2.51. The standard InChI is InChI=1S/C21H22FN5O2S/c1-14-8-9-17(22)15(13-14)20-25-27(19(28)7-4-11-24-26-23)21(30-20)10-12-29-18-6-3-2-5-16(18)21/h2-3,5-6,8-9,13H,4,7,10-12H2,1H3,(H2,23,24). The van der Waals surface area contributed by atoms with Crippen molar-refractivity contribution in [2.75, 3.05) is 13.2 Å². The third-order valence-corrected chi connectivity index (χ3v) is 6.55. The lowest BCUT2D eigenvalue weighted by Crippen LogP contribution is -2.44. The summed E-state index contributed by atoms with van der Waals surface area (Å²) in [5.41, 5.74) is 2.19. The monoisotopic (exact) mass is 427 g/mol. The van der Waals surface area contributed by atoms with Gasteiger partial charge in [-0.15, -0.1) is 0 Å². The summed E-state index contributed by atoms with van der Waals surface area (Å²) in [6, 6.07) is 12.5. The van der Waals surface area contributed by atoms with Crippen molar-refractivity contribution >= 4 is 22.7 Å². The van der Waals surface area contributed by atoms with Gasteiger partial charge in [0.25, 0.3) is 0 Å². The lowest BCUT2D eigenvalue weighted by Gasteiger charge is -2.39. The SMILES string of the molecule is Cc1ccc(F)c(C2=NN(C(=O)CCCN=NN)C3(CCOc4ccccc43)S2)c1. The molecule has 1 atom stereocenters. The molecule has 1 amide bonds. The number of aryl methyl sites for hydroxylation is 1. The summed E-state index contributed by atoms with van der Waals surface area (Å²) in [6.45, 7) is 2.70. The summed E-state index contributed by atoms with van der Waals surface area (Å²) < 4.78 is 20.4. The third-order valence-electron chi connectivity index (χ3n) is 5.12. The van der Waals surface area contributed by atoms with Crippen LogP contribution in [0.1, 0.15) is 36.0 Å². The lowest BCUT2D eigenvalue weighted by molar-refractivity contribution is -0.135. The van der Waals surface area contributed by atoms with Gasteiger partial charge < -0.3 is 10.6 Å². The van der Waals surface area contributed by atoms with E-state index in [0.717, 1.165) is 11.1 Å². The van der Waals surface area contributed by atoms with Crippen molar-refractivity contribution in [2.24, 2.45) is 21.3 Å². The van der Waals surface area contributed by atoms with Crippen LogP contribution in [0.3, 0.4) is 0 Å². The van der Waals surface area contributed by atoms with Gasteiger partial charge >= 0.3 is 0 Å². The van der Waals surface area contributed by atoms with Gasteiger partial charge in [-0.1, -0.05) is 46.8 Å². The highest BCUT2D eigenvalue weighted by atomic mass is 32.2. The molecule has 0 aromatic heterocycles. The number of hydrogen-bond acceptors (Lipinski definition) is 6. The smallest absolute Gasteiger partial charge is 0.244 e. The Labute approximate surface area is 178 Å². The largest absolute Gasteiger partial charge is 0.493 e. The molecule has 0 saturated carbocycles. The number of rotatable bonds is 5. The minimum Gasteiger partial charge on any atom is -0.493 e. The maximum Gasteiger partial charge on any atom is 0.244 e. The first kappa shape index (κ1) is 20.3. The van der Waals surface area contributed by atoms with Crippen molar-refractivity contribution in [3.8, 4) is 5.75 Å². The molecule has 2 N–H and O–H groups in total. The van der Waals surface area contributed by atoms with Crippen LogP contribution in [0, 0.1) is 12.7 Å². The van der Waals surface area contributed by atoms with Crippen molar-refractivity contribution in [3.63, 3.8) is 0 Å². The van der Waals surface area contributed by atoms with Crippen LogP contribution in [0.15, 0.2) is 57.9 Å². The third kappa shape index (κ3) is 3.65. The molecule has 0 fully saturated rings. The van der Waals surface area contributed by atoms with Crippen LogP contribution < -0.4 is 10.6 Å². The molecule has 156 valence electrons. The summed E-state index contributed by atoms with van der Waals surface area (Å²) >= 11 is 1.41. The first-order chi connectivity index (χ1) is 14.5. The molecule has 2 aromatic rings. The fourth-order valence-corrected chi connectivity index (χ4v) is 5.11. The fraction of sp³-hybridized carbons (Fsp3) is 0.333. The molecule has 30 heavy (non-hydrogen) atoms. The molecular formula is C21H22FN5O2S. The molecular weight excluding hydrogens is 405 g/mol. The summed E-state index contributed by atoms with van der Waals surface area (Å²) in [5.74, 6) is 5.23. The van der Waals surface area contributed by atoms with Crippen molar-refractivity contribution < 1.29 is 13.9 Å². The number of halogens is 1. The quantitative estimate of drug-likeness (QED) is 0.336. The second kappa shape index (κ2) is 8.43. The Morgan fingerprint density at radius 3 is 3.03 bits per heavy atom. The number of benzene rings is 2. The first-order valence-corrected chi connectivity index (χ1v) is 10.5. The predicted molar refractivity (Wildman–Crippen MR) is 113 cm³/mol. The normalized spacial score (nSPS) is 20.3. The van der Waals surface area contributed by atoms with Gasteiger partial charge in [-0.05, 0) is 31.5 Å². The van der Waals surface area contributed by atoms with Gasteiger partial charge in [0.05, 0.1) is 13.2 Å². The van der Waals surface area contributed by atoms with Crippen molar-refractivity contribution in [2.45, 2.75) is 31.1 Å². The summed E-state index contributed by atoms with van der Waals surface area (Å²) in [6.07, 6.45) is 1.28. The number of carbonyl (C=O) groups excluding carboxylic acids is 1. The average Bonchev–Trinajstić information content (AvgIpc) is 3.13. The van der Waals surface area contributed by atoms with Crippen LogP contribution in [0.4, 0.5) is 4.39 Å². The van der Waals surface area contributed by atoms with E-state index in [4.69, 9.17) is 10.6 Å². The molecule has 0 radical (unpaired) electrons. The number of nitrogens with two attached hydrogens (primary N) is 1. The van der Waals surface area contributed by atoms with E-state index < -0.39 is 4.87 Å². The Bertz CT molecular complexity index is 1030. The average molecular weight is 428 g/mol. The van der Waals surface area contributed by atoms with E-state index in [1.165, 1.54) is 22.8 Å². The minimum absolute atomic E-state index is 0.158. The van der Waals surface area contributed by atoms with Crippen LogP contribution in [0.2, 0.25) is 0 Å². The van der Waals surface area contributed by atoms with E-state index >= 15 is 0 Å². The van der Waals surface area contributed by atoms with Gasteiger partial charge in [0.15, 0.2) is 0 Å². The first-order valence-electron chi connectivity index (χ1n) is 9.71. The Hall–Kier alpha value is -2.94. The molecule has 2 aromatic carbocycles. The number of amides is 1. The second-order valence-electron chi connectivity index (χ2n) is 7.16. The van der Waals surface area contributed by atoms with Crippen LogP contribution in [-0.2, 0) is 9.67 Å².